The van der Waals surface area contributed by atoms with Crippen LogP contribution in [0.2, 0.25) is 0 Å². The van der Waals surface area contributed by atoms with E-state index < -0.39 is 15.8 Å². The van der Waals surface area contributed by atoms with Crippen LogP contribution >= 0.6 is 15.9 Å². The van der Waals surface area contributed by atoms with E-state index in [0.29, 0.717) is 13.0 Å². The highest BCUT2D eigenvalue weighted by atomic mass is 79.9. The summed E-state index contributed by atoms with van der Waals surface area (Å²) in [4.78, 5) is 3.82. The Balaban J connectivity index is 2.00. The quantitative estimate of drug-likeness (QED) is 0.593. The van der Waals surface area contributed by atoms with Gasteiger partial charge in [0.1, 0.15) is 5.82 Å². The molecule has 1 aromatic carbocycles. The maximum Gasteiger partial charge on any atom is 0.241 e. The van der Waals surface area contributed by atoms with Crippen LogP contribution in [0.25, 0.3) is 0 Å². The molecule has 0 radical (unpaired) electrons. The van der Waals surface area contributed by atoms with E-state index in [0.717, 1.165) is 12.1 Å². The Morgan fingerprint density at radius 2 is 2.19 bits per heavy atom. The minimum atomic E-state index is -3.74. The predicted octanol–water partition coefficient (Wildman–Crippen LogP) is 1.74. The second-order valence-corrected chi connectivity index (χ2v) is 6.95. The lowest BCUT2D eigenvalue weighted by Gasteiger charge is -2.10. The van der Waals surface area contributed by atoms with Crippen LogP contribution in [-0.2, 0) is 16.6 Å². The molecule has 0 fully saturated rings. The van der Waals surface area contributed by atoms with Gasteiger partial charge in [-0.05, 0) is 34.5 Å². The highest BCUT2D eigenvalue weighted by Crippen LogP contribution is 2.26. The fourth-order valence-electron chi connectivity index (χ4n) is 1.72. The first-order valence-electron chi connectivity index (χ1n) is 6.10. The molecule has 0 aliphatic carbocycles. The summed E-state index contributed by atoms with van der Waals surface area (Å²) < 4.78 is 42.0. The number of aromatic nitrogens is 2. The third kappa shape index (κ3) is 4.02. The lowest BCUT2D eigenvalue weighted by atomic mass is 10.3. The van der Waals surface area contributed by atoms with Gasteiger partial charge in [0.2, 0.25) is 10.0 Å². The maximum atomic E-state index is 13.2. The molecule has 0 unspecified atom stereocenters. The highest BCUT2D eigenvalue weighted by Gasteiger charge is 2.19. The Hall–Kier alpha value is -1.45. The molecule has 1 aromatic heterocycles. The smallest absolute Gasteiger partial charge is 0.241 e. The van der Waals surface area contributed by atoms with Gasteiger partial charge in [-0.1, -0.05) is 0 Å². The molecule has 0 amide bonds. The molecular formula is C12H14BrFN4O2S. The molecule has 2 aromatic rings. The fraction of sp³-hybridized carbons (Fsp3) is 0.250. The van der Waals surface area contributed by atoms with Crippen molar-refractivity contribution in [2.45, 2.75) is 17.9 Å². The summed E-state index contributed by atoms with van der Waals surface area (Å²) in [5.41, 5.74) is 5.20. The average Bonchev–Trinajstić information content (AvgIpc) is 2.92. The number of halogens is 2. The van der Waals surface area contributed by atoms with E-state index in [9.17, 15) is 12.8 Å². The molecule has 0 saturated carbocycles. The predicted molar refractivity (Wildman–Crippen MR) is 80.5 cm³/mol. The Bertz CT molecular complexity index is 719. The van der Waals surface area contributed by atoms with Crippen LogP contribution in [0, 0.1) is 5.82 Å². The van der Waals surface area contributed by atoms with E-state index in [4.69, 9.17) is 5.73 Å². The van der Waals surface area contributed by atoms with Crippen molar-refractivity contribution in [2.75, 3.05) is 12.3 Å². The summed E-state index contributed by atoms with van der Waals surface area (Å²) in [5.74, 6) is -0.666. The normalized spacial score (nSPS) is 11.7. The number of rotatable bonds is 6. The summed E-state index contributed by atoms with van der Waals surface area (Å²) in [5, 5.41) is 0. The monoisotopic (exact) mass is 376 g/mol. The van der Waals surface area contributed by atoms with E-state index in [1.807, 2.05) is 4.57 Å². The van der Waals surface area contributed by atoms with Crippen molar-refractivity contribution < 1.29 is 12.8 Å². The number of sulfonamides is 1. The fourth-order valence-corrected chi connectivity index (χ4v) is 3.84. The van der Waals surface area contributed by atoms with Crippen molar-refractivity contribution in [2.24, 2.45) is 0 Å². The van der Waals surface area contributed by atoms with Gasteiger partial charge in [-0.3, -0.25) is 0 Å². The van der Waals surface area contributed by atoms with E-state index in [1.165, 1.54) is 0 Å². The average molecular weight is 377 g/mol. The van der Waals surface area contributed by atoms with E-state index in [-0.39, 0.29) is 21.6 Å². The van der Waals surface area contributed by atoms with Gasteiger partial charge in [-0.2, -0.15) is 0 Å². The zero-order valence-corrected chi connectivity index (χ0v) is 13.4. The van der Waals surface area contributed by atoms with Crippen LogP contribution in [0.5, 0.6) is 0 Å². The zero-order chi connectivity index (χ0) is 15.5. The summed E-state index contributed by atoms with van der Waals surface area (Å²) >= 11 is 3.03. The first-order valence-corrected chi connectivity index (χ1v) is 8.37. The molecule has 1 heterocycles. The second-order valence-electron chi connectivity index (χ2n) is 4.36. The van der Waals surface area contributed by atoms with Crippen LogP contribution in [0.1, 0.15) is 6.42 Å². The van der Waals surface area contributed by atoms with E-state index in [1.54, 1.807) is 18.7 Å². The summed E-state index contributed by atoms with van der Waals surface area (Å²) in [6, 6.07) is 2.13. The van der Waals surface area contributed by atoms with Crippen LogP contribution in [0.4, 0.5) is 10.1 Å². The number of hydrogen-bond acceptors (Lipinski definition) is 4. The van der Waals surface area contributed by atoms with Crippen molar-refractivity contribution in [1.29, 1.82) is 0 Å². The van der Waals surface area contributed by atoms with Gasteiger partial charge < -0.3 is 10.3 Å². The second kappa shape index (κ2) is 6.54. The molecule has 2 rings (SSSR count). The first kappa shape index (κ1) is 15.9. The number of nitrogen functional groups attached to an aromatic ring is 1. The van der Waals surface area contributed by atoms with Crippen molar-refractivity contribution >= 4 is 31.6 Å². The largest absolute Gasteiger partial charge is 0.396 e. The van der Waals surface area contributed by atoms with Crippen LogP contribution < -0.4 is 10.5 Å². The topological polar surface area (TPSA) is 90.0 Å². The first-order chi connectivity index (χ1) is 9.90. The van der Waals surface area contributed by atoms with Crippen LogP contribution in [-0.4, -0.2) is 24.5 Å². The SMILES string of the molecule is Nc1cc(S(=O)(=O)NCCCn2ccnc2)c(Br)cc1F. The van der Waals surface area contributed by atoms with Gasteiger partial charge in [0.05, 0.1) is 16.9 Å². The van der Waals surface area contributed by atoms with Gasteiger partial charge in [-0.25, -0.2) is 22.5 Å². The lowest BCUT2D eigenvalue weighted by Crippen LogP contribution is -2.26. The summed E-state index contributed by atoms with van der Waals surface area (Å²) in [6.45, 7) is 0.902. The van der Waals surface area contributed by atoms with Crippen LogP contribution in [0.3, 0.4) is 0 Å². The molecule has 6 nitrogen and oxygen atoms in total. The highest BCUT2D eigenvalue weighted by molar-refractivity contribution is 9.10. The molecule has 0 saturated heterocycles. The molecule has 3 N–H and O–H groups in total. The molecule has 114 valence electrons. The van der Waals surface area contributed by atoms with E-state index in [2.05, 4.69) is 25.6 Å². The van der Waals surface area contributed by atoms with Gasteiger partial charge in [-0.15, -0.1) is 0 Å². The van der Waals surface area contributed by atoms with Gasteiger partial charge in [0.15, 0.2) is 0 Å². The third-order valence-electron chi connectivity index (χ3n) is 2.79. The number of aryl methyl sites for hydroxylation is 1. The number of nitrogens with two attached hydrogens (primary N) is 1. The number of imidazole rings is 1. The molecular weight excluding hydrogens is 363 g/mol. The molecule has 0 aliphatic rings. The lowest BCUT2D eigenvalue weighted by molar-refractivity contribution is 0.568. The van der Waals surface area contributed by atoms with Crippen molar-refractivity contribution in [3.05, 3.63) is 41.1 Å². The molecule has 21 heavy (non-hydrogen) atoms. The maximum absolute atomic E-state index is 13.2. The molecule has 0 spiro atoms. The van der Waals surface area contributed by atoms with Crippen molar-refractivity contribution in [3.63, 3.8) is 0 Å². The van der Waals surface area contributed by atoms with Crippen LogP contribution in [0.15, 0.2) is 40.2 Å². The molecule has 0 atom stereocenters. The van der Waals surface area contributed by atoms with Crippen molar-refractivity contribution in [3.8, 4) is 0 Å². The summed E-state index contributed by atoms with van der Waals surface area (Å²) in [7, 11) is -3.74. The number of nitrogens with one attached hydrogen (secondary N) is 1. The number of nitrogens with zero attached hydrogens (tertiary/aromatic N) is 2. The molecule has 0 bridgehead atoms. The Kier molecular flexibility index (Phi) is 4.96. The molecule has 9 heteroatoms. The van der Waals surface area contributed by atoms with Gasteiger partial charge in [0.25, 0.3) is 0 Å². The van der Waals surface area contributed by atoms with E-state index >= 15 is 0 Å². The standard InChI is InChI=1S/C12H14BrFN4O2S/c13-9-6-10(14)11(15)7-12(9)21(19,20)17-2-1-4-18-5-3-16-8-18/h3,5-8,17H,1-2,4,15H2. The molecule has 0 aliphatic heterocycles. The van der Waals surface area contributed by atoms with Gasteiger partial charge >= 0.3 is 0 Å². The number of hydrogen-bond donors (Lipinski definition) is 2. The Morgan fingerprint density at radius 1 is 1.43 bits per heavy atom. The van der Waals surface area contributed by atoms with Gasteiger partial charge in [0, 0.05) is 30.0 Å². The minimum absolute atomic E-state index is 0.0796. The zero-order valence-electron chi connectivity index (χ0n) is 11.0. The number of anilines is 1. The van der Waals surface area contributed by atoms with Crippen molar-refractivity contribution in [1.82, 2.24) is 14.3 Å². The Morgan fingerprint density at radius 3 is 2.86 bits per heavy atom. The minimum Gasteiger partial charge on any atom is -0.396 e. The summed E-state index contributed by atoms with van der Waals surface area (Å²) in [6.07, 6.45) is 5.71. The Labute approximate surface area is 130 Å². The number of benzene rings is 1. The third-order valence-corrected chi connectivity index (χ3v) is 5.20.